The van der Waals surface area contributed by atoms with Crippen molar-refractivity contribution in [3.05, 3.63) is 44.9 Å². The van der Waals surface area contributed by atoms with E-state index >= 15 is 0 Å². The van der Waals surface area contributed by atoms with Gasteiger partial charge in [0.2, 0.25) is 4.02 Å². The molecule has 0 saturated carbocycles. The van der Waals surface area contributed by atoms with Crippen molar-refractivity contribution in [1.29, 1.82) is 0 Å². The maximum absolute atomic E-state index is 9.76. The molecular formula is C13H7BrO2S2. The molecule has 0 unspecified atom stereocenters. The van der Waals surface area contributed by atoms with Crippen molar-refractivity contribution in [2.24, 2.45) is 0 Å². The van der Waals surface area contributed by atoms with Gasteiger partial charge in [0.05, 0.1) is 4.70 Å². The fourth-order valence-corrected chi connectivity index (χ4v) is 3.15. The van der Waals surface area contributed by atoms with Crippen LogP contribution in [-0.4, -0.2) is 5.11 Å². The highest BCUT2D eigenvalue weighted by atomic mass is 79.9. The molecule has 0 radical (unpaired) electrons. The summed E-state index contributed by atoms with van der Waals surface area (Å²) in [6.07, 6.45) is 0. The lowest BCUT2D eigenvalue weighted by atomic mass is 10.1. The average molecular weight is 339 g/mol. The first-order valence-corrected chi connectivity index (χ1v) is 7.18. The van der Waals surface area contributed by atoms with E-state index in [1.165, 1.54) is 11.3 Å². The first-order chi connectivity index (χ1) is 8.63. The van der Waals surface area contributed by atoms with Gasteiger partial charge in [0.15, 0.2) is 5.58 Å². The summed E-state index contributed by atoms with van der Waals surface area (Å²) in [4.78, 5) is 0. The largest absolute Gasteiger partial charge is 0.508 e. The number of phenolic OH excluding ortho intramolecular Hbond substituents is 1. The molecule has 0 atom stereocenters. The van der Waals surface area contributed by atoms with E-state index in [2.05, 4.69) is 15.9 Å². The van der Waals surface area contributed by atoms with Crippen LogP contribution >= 0.6 is 39.5 Å². The van der Waals surface area contributed by atoms with Gasteiger partial charge in [-0.15, -0.1) is 0 Å². The zero-order chi connectivity index (χ0) is 12.7. The molecule has 0 aliphatic heterocycles. The van der Waals surface area contributed by atoms with E-state index in [1.807, 2.05) is 24.3 Å². The predicted octanol–water partition coefficient (Wildman–Crippen LogP) is 5.36. The molecule has 0 bridgehead atoms. The van der Waals surface area contributed by atoms with Crippen LogP contribution in [0.15, 0.2) is 45.3 Å². The van der Waals surface area contributed by atoms with Crippen LogP contribution in [0.2, 0.25) is 0 Å². The quantitative estimate of drug-likeness (QED) is 0.606. The maximum Gasteiger partial charge on any atom is 0.248 e. The molecule has 0 amide bonds. The maximum atomic E-state index is 9.76. The monoisotopic (exact) mass is 338 g/mol. The van der Waals surface area contributed by atoms with Crippen molar-refractivity contribution < 1.29 is 9.52 Å². The Morgan fingerprint density at radius 3 is 2.61 bits per heavy atom. The lowest BCUT2D eigenvalue weighted by molar-refractivity contribution is 0.476. The number of benzene rings is 2. The van der Waals surface area contributed by atoms with E-state index < -0.39 is 0 Å². The molecule has 18 heavy (non-hydrogen) atoms. The van der Waals surface area contributed by atoms with E-state index in [9.17, 15) is 5.11 Å². The van der Waals surface area contributed by atoms with Gasteiger partial charge in [-0.3, -0.25) is 0 Å². The van der Waals surface area contributed by atoms with Crippen molar-refractivity contribution in [3.63, 3.8) is 0 Å². The number of halogens is 1. The second-order valence-corrected chi connectivity index (χ2v) is 6.34. The van der Waals surface area contributed by atoms with Crippen LogP contribution in [0.1, 0.15) is 0 Å². The molecule has 5 heteroatoms. The van der Waals surface area contributed by atoms with Crippen LogP contribution < -0.4 is 0 Å². The van der Waals surface area contributed by atoms with Crippen molar-refractivity contribution in [2.75, 3.05) is 0 Å². The summed E-state index contributed by atoms with van der Waals surface area (Å²) in [6, 6.07) is 11.2. The minimum atomic E-state index is 0.215. The number of phenols is 1. The van der Waals surface area contributed by atoms with E-state index in [0.29, 0.717) is 4.02 Å². The van der Waals surface area contributed by atoms with Crippen molar-refractivity contribution >= 4 is 49.8 Å². The second kappa shape index (κ2) is 4.50. The Hall–Kier alpha value is -1.17. The molecule has 1 N–H and O–H groups in total. The summed E-state index contributed by atoms with van der Waals surface area (Å²) in [5, 5.41) is 9.76. The van der Waals surface area contributed by atoms with Crippen molar-refractivity contribution in [3.8, 4) is 16.9 Å². The molecule has 90 valence electrons. The van der Waals surface area contributed by atoms with Gasteiger partial charge in [-0.2, -0.15) is 0 Å². The third-order valence-corrected chi connectivity index (χ3v) is 4.21. The molecule has 0 aliphatic carbocycles. The first kappa shape index (κ1) is 11.9. The van der Waals surface area contributed by atoms with Gasteiger partial charge in [0.25, 0.3) is 0 Å². The van der Waals surface area contributed by atoms with Crippen LogP contribution in [-0.2, 0) is 0 Å². The lowest BCUT2D eigenvalue weighted by Crippen LogP contribution is -1.79. The average Bonchev–Trinajstić information content (AvgIpc) is 2.69. The van der Waals surface area contributed by atoms with Crippen molar-refractivity contribution in [1.82, 2.24) is 0 Å². The SMILES string of the molecule is Oc1cc(-c2ccc(Br)cc2)c2oc(=S)sc2c1. The minimum absolute atomic E-state index is 0.215. The van der Waals surface area contributed by atoms with Gasteiger partial charge < -0.3 is 9.52 Å². The number of hydrogen-bond acceptors (Lipinski definition) is 4. The summed E-state index contributed by atoms with van der Waals surface area (Å²) >= 11 is 9.81. The van der Waals surface area contributed by atoms with Gasteiger partial charge in [-0.1, -0.05) is 39.4 Å². The first-order valence-electron chi connectivity index (χ1n) is 5.16. The van der Waals surface area contributed by atoms with Crippen LogP contribution in [0, 0.1) is 4.02 Å². The highest BCUT2D eigenvalue weighted by Crippen LogP contribution is 2.36. The normalized spacial score (nSPS) is 10.9. The number of fused-ring (bicyclic) bond motifs is 1. The zero-order valence-corrected chi connectivity index (χ0v) is 12.2. The molecule has 3 aromatic rings. The Morgan fingerprint density at radius 1 is 1.17 bits per heavy atom. The fourth-order valence-electron chi connectivity index (χ4n) is 1.81. The number of rotatable bonds is 1. The zero-order valence-electron chi connectivity index (χ0n) is 9.01. The van der Waals surface area contributed by atoms with Gasteiger partial charge in [-0.05, 0) is 36.0 Å². The summed E-state index contributed by atoms with van der Waals surface area (Å²) in [6.45, 7) is 0. The smallest absolute Gasteiger partial charge is 0.248 e. The Morgan fingerprint density at radius 2 is 1.89 bits per heavy atom. The van der Waals surface area contributed by atoms with Crippen LogP contribution in [0.25, 0.3) is 21.4 Å². The summed E-state index contributed by atoms with van der Waals surface area (Å²) in [5.74, 6) is 0.215. The minimum Gasteiger partial charge on any atom is -0.508 e. The van der Waals surface area contributed by atoms with Crippen molar-refractivity contribution in [2.45, 2.75) is 0 Å². The molecular weight excluding hydrogens is 332 g/mol. The van der Waals surface area contributed by atoms with Crippen LogP contribution in [0.4, 0.5) is 0 Å². The topological polar surface area (TPSA) is 33.4 Å². The molecule has 0 saturated heterocycles. The summed E-state index contributed by atoms with van der Waals surface area (Å²) in [7, 11) is 0. The molecule has 2 aromatic carbocycles. The van der Waals surface area contributed by atoms with Gasteiger partial charge in [0.1, 0.15) is 5.75 Å². The highest BCUT2D eigenvalue weighted by molar-refractivity contribution is 9.10. The molecule has 0 spiro atoms. The van der Waals surface area contributed by atoms with Crippen LogP contribution in [0.5, 0.6) is 5.75 Å². The number of aromatic hydroxyl groups is 1. The van der Waals surface area contributed by atoms with Crippen LogP contribution in [0.3, 0.4) is 0 Å². The Labute approximate surface area is 121 Å². The third-order valence-electron chi connectivity index (χ3n) is 2.57. The molecule has 2 nitrogen and oxygen atoms in total. The van der Waals surface area contributed by atoms with E-state index in [-0.39, 0.29) is 5.75 Å². The van der Waals surface area contributed by atoms with Gasteiger partial charge in [0, 0.05) is 16.1 Å². The summed E-state index contributed by atoms with van der Waals surface area (Å²) < 4.78 is 7.88. The predicted molar refractivity (Wildman–Crippen MR) is 79.7 cm³/mol. The Kier molecular flexibility index (Phi) is 2.97. The highest BCUT2D eigenvalue weighted by Gasteiger charge is 2.10. The Balaban J connectivity index is 2.33. The van der Waals surface area contributed by atoms with Gasteiger partial charge >= 0.3 is 0 Å². The molecule has 3 rings (SSSR count). The van der Waals surface area contributed by atoms with E-state index in [1.54, 1.807) is 12.1 Å². The number of hydrogen-bond donors (Lipinski definition) is 1. The molecule has 0 fully saturated rings. The van der Waals surface area contributed by atoms with E-state index in [0.717, 1.165) is 25.9 Å². The third kappa shape index (κ3) is 2.09. The molecule has 1 aromatic heterocycles. The lowest BCUT2D eigenvalue weighted by Gasteiger charge is -2.03. The summed E-state index contributed by atoms with van der Waals surface area (Å²) in [5.41, 5.74) is 2.56. The van der Waals surface area contributed by atoms with Gasteiger partial charge in [-0.25, -0.2) is 0 Å². The second-order valence-electron chi connectivity index (χ2n) is 3.78. The molecule has 1 heterocycles. The Bertz CT molecular complexity index is 772. The fraction of sp³-hybridized carbons (Fsp3) is 0. The molecule has 0 aliphatic rings. The van der Waals surface area contributed by atoms with E-state index in [4.69, 9.17) is 16.6 Å². The standard InChI is InChI=1S/C13H7BrO2S2/c14-8-3-1-7(2-4-8)10-5-9(15)6-11-12(10)16-13(17)18-11/h1-6,15H.